The minimum Gasteiger partial charge on any atom is -0.350 e. The molecule has 0 bridgehead atoms. The Bertz CT molecular complexity index is 1040. The van der Waals surface area contributed by atoms with Crippen LogP contribution >= 0.6 is 11.3 Å². The molecule has 0 fully saturated rings. The number of sulfonamides is 1. The first kappa shape index (κ1) is 20.4. The van der Waals surface area contributed by atoms with Crippen LogP contribution < -0.4 is 10.5 Å². The van der Waals surface area contributed by atoms with Crippen LogP contribution in [0.15, 0.2) is 53.4 Å². The van der Waals surface area contributed by atoms with Crippen LogP contribution in [0, 0.1) is 0 Å². The summed E-state index contributed by atoms with van der Waals surface area (Å²) < 4.78 is 24.1. The Hall–Kier alpha value is -2.29. The molecular weight excluding hydrogens is 394 g/mol. The van der Waals surface area contributed by atoms with E-state index in [0.29, 0.717) is 12.0 Å². The van der Waals surface area contributed by atoms with Crippen LogP contribution in [0.2, 0.25) is 0 Å². The van der Waals surface area contributed by atoms with Gasteiger partial charge in [0.1, 0.15) is 0 Å². The maximum absolute atomic E-state index is 12.2. The zero-order valence-electron chi connectivity index (χ0n) is 15.6. The highest BCUT2D eigenvalue weighted by atomic mass is 32.2. The summed E-state index contributed by atoms with van der Waals surface area (Å²) in [6, 6.07) is 14.1. The van der Waals surface area contributed by atoms with Crippen molar-refractivity contribution in [2.75, 3.05) is 0 Å². The summed E-state index contributed by atoms with van der Waals surface area (Å²) in [6.45, 7) is 1.82. The van der Waals surface area contributed by atoms with Crippen LogP contribution in [0.1, 0.15) is 42.8 Å². The van der Waals surface area contributed by atoms with E-state index in [2.05, 4.69) is 16.4 Å². The second kappa shape index (κ2) is 8.81. The first-order chi connectivity index (χ1) is 13.3. The molecule has 2 aromatic carbocycles. The number of rotatable bonds is 8. The smallest absolute Gasteiger partial charge is 0.238 e. The summed E-state index contributed by atoms with van der Waals surface area (Å²) in [5, 5.41) is 9.16. The first-order valence-electron chi connectivity index (χ1n) is 9.09. The van der Waals surface area contributed by atoms with Crippen LogP contribution in [-0.4, -0.2) is 19.3 Å². The molecular formula is C20H23N3O3S2. The van der Waals surface area contributed by atoms with Crippen molar-refractivity contribution in [2.24, 2.45) is 5.14 Å². The lowest BCUT2D eigenvalue weighted by atomic mass is 10.1. The number of nitrogens with zero attached hydrogens (tertiary/aromatic N) is 1. The summed E-state index contributed by atoms with van der Waals surface area (Å²) in [6.07, 6.45) is 2.94. The Balaban J connectivity index is 1.46. The third-order valence-corrected chi connectivity index (χ3v) is 6.45. The molecule has 3 N–H and O–H groups in total. The molecule has 0 saturated carbocycles. The summed E-state index contributed by atoms with van der Waals surface area (Å²) in [7, 11) is -3.76. The lowest BCUT2D eigenvalue weighted by Gasteiger charge is -2.15. The van der Waals surface area contributed by atoms with Crippen molar-refractivity contribution in [3.05, 3.63) is 59.1 Å². The van der Waals surface area contributed by atoms with Crippen LogP contribution in [0.3, 0.4) is 0 Å². The molecule has 0 saturated heterocycles. The Labute approximate surface area is 168 Å². The van der Waals surface area contributed by atoms with Crippen molar-refractivity contribution in [3.8, 4) is 0 Å². The van der Waals surface area contributed by atoms with E-state index in [1.165, 1.54) is 16.8 Å². The van der Waals surface area contributed by atoms with Crippen molar-refractivity contribution in [2.45, 2.75) is 43.5 Å². The minimum atomic E-state index is -3.76. The van der Waals surface area contributed by atoms with Gasteiger partial charge in [0.05, 0.1) is 26.2 Å². The average Bonchev–Trinajstić information content (AvgIpc) is 3.07. The number of carbonyl (C=O) groups is 1. The molecule has 1 unspecified atom stereocenters. The second-order valence-corrected chi connectivity index (χ2v) is 9.37. The summed E-state index contributed by atoms with van der Waals surface area (Å²) in [5.41, 5.74) is 1.73. The van der Waals surface area contributed by atoms with Gasteiger partial charge < -0.3 is 5.32 Å². The van der Waals surface area contributed by atoms with Crippen LogP contribution in [0.4, 0.5) is 0 Å². The third kappa shape index (κ3) is 5.37. The van der Waals surface area contributed by atoms with Gasteiger partial charge in [-0.1, -0.05) is 24.3 Å². The lowest BCUT2D eigenvalue weighted by Crippen LogP contribution is -2.26. The Kier molecular flexibility index (Phi) is 6.43. The van der Waals surface area contributed by atoms with E-state index in [9.17, 15) is 13.2 Å². The number of aromatic nitrogens is 1. The van der Waals surface area contributed by atoms with Gasteiger partial charge in [-0.05, 0) is 56.0 Å². The summed E-state index contributed by atoms with van der Waals surface area (Å²) in [4.78, 5) is 16.8. The molecule has 3 rings (SSSR count). The van der Waals surface area contributed by atoms with Gasteiger partial charge in [-0.15, -0.1) is 11.3 Å². The van der Waals surface area contributed by atoms with Gasteiger partial charge >= 0.3 is 0 Å². The van der Waals surface area contributed by atoms with Gasteiger partial charge in [0.25, 0.3) is 0 Å². The molecule has 28 heavy (non-hydrogen) atoms. The molecule has 0 radical (unpaired) electrons. The number of benzene rings is 2. The predicted molar refractivity (Wildman–Crippen MR) is 112 cm³/mol. The number of aryl methyl sites for hydroxylation is 1. The van der Waals surface area contributed by atoms with Crippen molar-refractivity contribution < 1.29 is 13.2 Å². The maximum atomic E-state index is 12.2. The van der Waals surface area contributed by atoms with E-state index >= 15 is 0 Å². The highest BCUT2D eigenvalue weighted by Gasteiger charge is 2.13. The van der Waals surface area contributed by atoms with E-state index < -0.39 is 10.0 Å². The fraction of sp³-hybridized carbons (Fsp3) is 0.300. The number of primary sulfonamides is 1. The van der Waals surface area contributed by atoms with Gasteiger partial charge in [0.2, 0.25) is 15.9 Å². The van der Waals surface area contributed by atoms with E-state index in [0.717, 1.165) is 29.8 Å². The number of carbonyl (C=O) groups excluding carboxylic acids is 1. The zero-order valence-corrected chi connectivity index (χ0v) is 17.2. The molecule has 8 heteroatoms. The highest BCUT2D eigenvalue weighted by molar-refractivity contribution is 7.89. The zero-order chi connectivity index (χ0) is 20.1. The predicted octanol–water partition coefficient (Wildman–Crippen LogP) is 3.53. The molecule has 148 valence electrons. The molecule has 6 nitrogen and oxygen atoms in total. The van der Waals surface area contributed by atoms with E-state index in [-0.39, 0.29) is 16.8 Å². The topological polar surface area (TPSA) is 102 Å². The van der Waals surface area contributed by atoms with E-state index in [1.807, 2.05) is 25.1 Å². The monoisotopic (exact) mass is 417 g/mol. The van der Waals surface area contributed by atoms with Crippen LogP contribution in [0.25, 0.3) is 10.2 Å². The van der Waals surface area contributed by atoms with E-state index in [4.69, 9.17) is 5.14 Å². The number of nitrogens with two attached hydrogens (primary N) is 1. The summed E-state index contributed by atoms with van der Waals surface area (Å²) >= 11 is 1.70. The number of thiazole rings is 1. The molecule has 0 aliphatic heterocycles. The molecule has 1 heterocycles. The largest absolute Gasteiger partial charge is 0.350 e. The molecule has 1 atom stereocenters. The SMILES string of the molecule is CC(NC(=O)CCCCc1nc2ccccc2s1)c1cccc(S(N)(=O)=O)c1. The third-order valence-electron chi connectivity index (χ3n) is 4.45. The molecule has 0 spiro atoms. The number of amides is 1. The fourth-order valence-electron chi connectivity index (χ4n) is 2.95. The number of fused-ring (bicyclic) bond motifs is 1. The van der Waals surface area contributed by atoms with Crippen molar-refractivity contribution in [3.63, 3.8) is 0 Å². The number of hydrogen-bond donors (Lipinski definition) is 2. The highest BCUT2D eigenvalue weighted by Crippen LogP contribution is 2.23. The minimum absolute atomic E-state index is 0.0435. The van der Waals surface area contributed by atoms with Gasteiger partial charge in [-0.3, -0.25) is 4.79 Å². The molecule has 1 amide bonds. The van der Waals surface area contributed by atoms with Crippen molar-refractivity contribution >= 4 is 37.5 Å². The molecule has 1 aromatic heterocycles. The van der Waals surface area contributed by atoms with Crippen LogP contribution in [-0.2, 0) is 21.2 Å². The molecule has 0 aliphatic carbocycles. The van der Waals surface area contributed by atoms with Gasteiger partial charge in [-0.2, -0.15) is 0 Å². The van der Waals surface area contributed by atoms with Crippen molar-refractivity contribution in [1.82, 2.24) is 10.3 Å². The normalized spacial score (nSPS) is 12.8. The number of hydrogen-bond acceptors (Lipinski definition) is 5. The molecule has 3 aromatic rings. The Morgan fingerprint density at radius 3 is 2.71 bits per heavy atom. The van der Waals surface area contributed by atoms with Crippen LogP contribution in [0.5, 0.6) is 0 Å². The second-order valence-electron chi connectivity index (χ2n) is 6.69. The Morgan fingerprint density at radius 2 is 1.96 bits per heavy atom. The summed E-state index contributed by atoms with van der Waals surface area (Å²) in [5.74, 6) is -0.0576. The van der Waals surface area contributed by atoms with Gasteiger partial charge in [0.15, 0.2) is 0 Å². The first-order valence-corrected chi connectivity index (χ1v) is 11.5. The molecule has 0 aliphatic rings. The number of unbranched alkanes of at least 4 members (excludes halogenated alkanes) is 1. The number of para-hydroxylation sites is 1. The lowest BCUT2D eigenvalue weighted by molar-refractivity contribution is -0.121. The van der Waals surface area contributed by atoms with Gasteiger partial charge in [-0.25, -0.2) is 18.5 Å². The number of nitrogens with one attached hydrogen (secondary N) is 1. The Morgan fingerprint density at radius 1 is 1.18 bits per heavy atom. The van der Waals surface area contributed by atoms with E-state index in [1.54, 1.807) is 23.5 Å². The standard InChI is InChI=1S/C20H23N3O3S2/c1-14(15-7-6-8-16(13-15)28(21,25)26)22-19(24)11-4-5-12-20-23-17-9-2-3-10-18(17)27-20/h2-3,6-10,13-14H,4-5,11-12H2,1H3,(H,22,24)(H2,21,25,26). The quantitative estimate of drug-likeness (QED) is 0.547. The maximum Gasteiger partial charge on any atom is 0.238 e. The average molecular weight is 418 g/mol. The van der Waals surface area contributed by atoms with Crippen molar-refractivity contribution in [1.29, 1.82) is 0 Å². The van der Waals surface area contributed by atoms with Gasteiger partial charge in [0, 0.05) is 6.42 Å². The fourth-order valence-corrected chi connectivity index (χ4v) is 4.52.